The van der Waals surface area contributed by atoms with Gasteiger partial charge in [0.1, 0.15) is 0 Å². The van der Waals surface area contributed by atoms with Crippen LogP contribution < -0.4 is 5.32 Å². The summed E-state index contributed by atoms with van der Waals surface area (Å²) in [4.78, 5) is 10.4. The Kier molecular flexibility index (Phi) is 8.37. The molecule has 1 aliphatic heterocycles. The van der Waals surface area contributed by atoms with Crippen LogP contribution in [0.3, 0.4) is 0 Å². The zero-order chi connectivity index (χ0) is 28.2. The summed E-state index contributed by atoms with van der Waals surface area (Å²) in [5.41, 5.74) is 12.4. The minimum Gasteiger partial charge on any atom is -0.340 e. The molecule has 0 aromatic heterocycles. The Labute approximate surface area is 240 Å². The van der Waals surface area contributed by atoms with Crippen molar-refractivity contribution in [1.82, 2.24) is 9.80 Å². The summed E-state index contributed by atoms with van der Waals surface area (Å²) in [6.07, 6.45) is 0. The minimum absolute atomic E-state index is 0.237. The Bertz CT molecular complexity index is 1400. The first-order valence-electron chi connectivity index (χ1n) is 14.4. The Morgan fingerprint density at radius 1 is 0.625 bits per heavy atom. The molecule has 0 spiro atoms. The van der Waals surface area contributed by atoms with Crippen molar-refractivity contribution >= 4 is 17.3 Å². The molecule has 1 aliphatic rings. The van der Waals surface area contributed by atoms with E-state index < -0.39 is 0 Å². The number of guanidine groups is 1. The van der Waals surface area contributed by atoms with Crippen molar-refractivity contribution < 1.29 is 0 Å². The zero-order valence-electron chi connectivity index (χ0n) is 24.8. The lowest BCUT2D eigenvalue weighted by Crippen LogP contribution is -2.51. The van der Waals surface area contributed by atoms with Gasteiger partial charge in [-0.3, -0.25) is 4.90 Å². The van der Waals surface area contributed by atoms with Crippen molar-refractivity contribution in [3.8, 4) is 0 Å². The van der Waals surface area contributed by atoms with E-state index in [9.17, 15) is 0 Å². The van der Waals surface area contributed by atoms with Gasteiger partial charge in [0.2, 0.25) is 5.96 Å². The molecule has 0 saturated carbocycles. The predicted molar refractivity (Wildman–Crippen MR) is 170 cm³/mol. The minimum atomic E-state index is 0.237. The number of nitrogens with zero attached hydrogens (tertiary/aromatic N) is 3. The molecule has 4 nitrogen and oxygen atoms in total. The number of anilines is 1. The smallest absolute Gasteiger partial charge is 0.203 e. The van der Waals surface area contributed by atoms with Gasteiger partial charge in [0, 0.05) is 31.9 Å². The normalized spacial score (nSPS) is 14.6. The molecule has 1 saturated heterocycles. The predicted octanol–water partition coefficient (Wildman–Crippen LogP) is 8.04. The van der Waals surface area contributed by atoms with Gasteiger partial charge in [-0.1, -0.05) is 96.1 Å². The first kappa shape index (κ1) is 27.7. The van der Waals surface area contributed by atoms with E-state index in [-0.39, 0.29) is 6.04 Å². The lowest BCUT2D eigenvalue weighted by molar-refractivity contribution is 0.150. The van der Waals surface area contributed by atoms with Crippen LogP contribution in [-0.2, 0) is 0 Å². The molecule has 0 amide bonds. The number of aliphatic imine (C=N–C) groups is 1. The summed E-state index contributed by atoms with van der Waals surface area (Å²) in [6.45, 7) is 16.7. The summed E-state index contributed by atoms with van der Waals surface area (Å²) in [5, 5.41) is 3.79. The van der Waals surface area contributed by atoms with Crippen molar-refractivity contribution in [3.05, 3.63) is 129 Å². The van der Waals surface area contributed by atoms with E-state index in [4.69, 9.17) is 4.99 Å². The van der Waals surface area contributed by atoms with Crippen LogP contribution in [0.15, 0.2) is 89.9 Å². The molecular weight excluding hydrogens is 488 g/mol. The summed E-state index contributed by atoms with van der Waals surface area (Å²) < 4.78 is 0. The third-order valence-corrected chi connectivity index (χ3v) is 7.98. The third-order valence-electron chi connectivity index (χ3n) is 7.98. The fourth-order valence-electron chi connectivity index (χ4n) is 6.20. The van der Waals surface area contributed by atoms with E-state index >= 15 is 0 Å². The molecular formula is C36H42N4. The van der Waals surface area contributed by atoms with Gasteiger partial charge in [0.05, 0.1) is 11.7 Å². The van der Waals surface area contributed by atoms with Crippen LogP contribution in [-0.4, -0.2) is 41.9 Å². The molecule has 0 aliphatic carbocycles. The number of benzene rings is 4. The van der Waals surface area contributed by atoms with E-state index in [0.29, 0.717) is 0 Å². The number of hydrogen-bond donors (Lipinski definition) is 1. The maximum atomic E-state index is 5.32. The lowest BCUT2D eigenvalue weighted by Gasteiger charge is -2.41. The molecule has 1 heterocycles. The second-order valence-electron chi connectivity index (χ2n) is 11.3. The van der Waals surface area contributed by atoms with Gasteiger partial charge in [-0.05, 0) is 74.9 Å². The maximum Gasteiger partial charge on any atom is 0.203 e. The lowest BCUT2D eigenvalue weighted by atomic mass is 9.96. The van der Waals surface area contributed by atoms with E-state index in [1.807, 2.05) is 0 Å². The first-order chi connectivity index (χ1) is 19.3. The van der Waals surface area contributed by atoms with Crippen molar-refractivity contribution in [1.29, 1.82) is 0 Å². The number of aryl methyl sites for hydroxylation is 6. The molecule has 4 aromatic rings. The molecule has 0 unspecified atom stereocenters. The van der Waals surface area contributed by atoms with Crippen LogP contribution in [0.25, 0.3) is 0 Å². The van der Waals surface area contributed by atoms with Crippen molar-refractivity contribution in [2.24, 2.45) is 4.99 Å². The molecule has 4 aromatic carbocycles. The molecule has 1 fully saturated rings. The summed E-state index contributed by atoms with van der Waals surface area (Å²) in [7, 11) is 0. The van der Waals surface area contributed by atoms with Gasteiger partial charge >= 0.3 is 0 Å². The van der Waals surface area contributed by atoms with Crippen molar-refractivity contribution in [2.75, 3.05) is 31.5 Å². The highest BCUT2D eigenvalue weighted by Crippen LogP contribution is 2.31. The summed E-state index contributed by atoms with van der Waals surface area (Å²) in [6, 6.07) is 31.0. The Morgan fingerprint density at radius 3 is 1.55 bits per heavy atom. The average Bonchev–Trinajstić information content (AvgIpc) is 2.93. The highest BCUT2D eigenvalue weighted by Gasteiger charge is 2.28. The second-order valence-corrected chi connectivity index (χ2v) is 11.3. The summed E-state index contributed by atoms with van der Waals surface area (Å²) in [5.74, 6) is 0.931. The van der Waals surface area contributed by atoms with Gasteiger partial charge in [-0.15, -0.1) is 0 Å². The van der Waals surface area contributed by atoms with E-state index in [1.165, 1.54) is 44.5 Å². The molecule has 0 atom stereocenters. The van der Waals surface area contributed by atoms with Crippen LogP contribution in [0.4, 0.5) is 11.4 Å². The molecule has 5 rings (SSSR count). The van der Waals surface area contributed by atoms with Crippen LogP contribution in [0.2, 0.25) is 0 Å². The van der Waals surface area contributed by atoms with Gasteiger partial charge in [-0.25, -0.2) is 4.99 Å². The topological polar surface area (TPSA) is 30.9 Å². The number of piperazine rings is 1. The van der Waals surface area contributed by atoms with Crippen LogP contribution in [0, 0.1) is 41.5 Å². The van der Waals surface area contributed by atoms with Crippen LogP contribution >= 0.6 is 0 Å². The van der Waals surface area contributed by atoms with E-state index in [2.05, 4.69) is 142 Å². The molecule has 206 valence electrons. The Hall–Kier alpha value is -3.89. The second kappa shape index (κ2) is 12.1. The molecule has 1 N–H and O–H groups in total. The fourth-order valence-corrected chi connectivity index (χ4v) is 6.20. The number of hydrogen-bond acceptors (Lipinski definition) is 2. The van der Waals surface area contributed by atoms with Crippen molar-refractivity contribution in [3.63, 3.8) is 0 Å². The number of nitrogens with one attached hydrogen (secondary N) is 1. The largest absolute Gasteiger partial charge is 0.340 e. The maximum absolute atomic E-state index is 5.32. The standard InChI is InChI=1S/C36H42N4/c1-25-21-27(3)33(28(4)22-25)37-36(38-34-29(5)23-26(2)24-30(34)6)40-19-17-39(18-20-40)35(31-13-9-7-10-14-31)32-15-11-8-12-16-32/h7-16,21-24,35H,17-20H2,1-6H3,(H,37,38). The third kappa shape index (κ3) is 6.13. The molecule has 0 bridgehead atoms. The molecule has 4 heteroatoms. The van der Waals surface area contributed by atoms with Crippen molar-refractivity contribution in [2.45, 2.75) is 47.6 Å². The van der Waals surface area contributed by atoms with Gasteiger partial charge in [0.15, 0.2) is 0 Å². The first-order valence-corrected chi connectivity index (χ1v) is 14.4. The van der Waals surface area contributed by atoms with Gasteiger partial charge < -0.3 is 10.2 Å². The highest BCUT2D eigenvalue weighted by atomic mass is 15.4. The van der Waals surface area contributed by atoms with Crippen LogP contribution in [0.1, 0.15) is 50.5 Å². The molecule has 40 heavy (non-hydrogen) atoms. The zero-order valence-corrected chi connectivity index (χ0v) is 24.8. The fraction of sp³-hybridized carbons (Fsp3) is 0.306. The number of rotatable bonds is 5. The SMILES string of the molecule is Cc1cc(C)c(N=C(Nc2c(C)cc(C)cc2C)N2CCN(C(c3ccccc3)c3ccccc3)CC2)c(C)c1. The quantitative estimate of drug-likeness (QED) is 0.209. The monoisotopic (exact) mass is 530 g/mol. The Morgan fingerprint density at radius 2 is 1.07 bits per heavy atom. The van der Waals surface area contributed by atoms with Gasteiger partial charge in [0.25, 0.3) is 0 Å². The average molecular weight is 531 g/mol. The highest BCUT2D eigenvalue weighted by molar-refractivity contribution is 5.97. The van der Waals surface area contributed by atoms with Crippen LogP contribution in [0.5, 0.6) is 0 Å². The van der Waals surface area contributed by atoms with E-state index in [0.717, 1.165) is 43.5 Å². The van der Waals surface area contributed by atoms with Gasteiger partial charge in [-0.2, -0.15) is 0 Å². The summed E-state index contributed by atoms with van der Waals surface area (Å²) >= 11 is 0. The Balaban J connectivity index is 1.47. The van der Waals surface area contributed by atoms with E-state index in [1.54, 1.807) is 0 Å². The molecule has 0 radical (unpaired) electrons.